The molecule has 30 heavy (non-hydrogen) atoms. The van der Waals surface area contributed by atoms with E-state index in [1.165, 1.54) is 20.2 Å². The Labute approximate surface area is 170 Å². The molecule has 0 saturated carbocycles. The highest BCUT2D eigenvalue weighted by Crippen LogP contribution is 2.20. The number of hydrogen-bond acceptors (Lipinski definition) is 6. The summed E-state index contributed by atoms with van der Waals surface area (Å²) in [6.07, 6.45) is 5.21. The maximum atomic E-state index is 12.7. The van der Waals surface area contributed by atoms with Gasteiger partial charge in [-0.15, -0.1) is 6.42 Å². The number of esters is 1. The number of carbonyl (C=O) groups excluding carboxylic acids is 2. The number of hydrogen-bond donors (Lipinski definition) is 2. The number of amides is 1. The lowest BCUT2D eigenvalue weighted by molar-refractivity contribution is 0.0600. The van der Waals surface area contributed by atoms with Crippen molar-refractivity contribution in [2.45, 2.75) is 6.54 Å². The number of nitrogens with one attached hydrogen (secondary N) is 1. The van der Waals surface area contributed by atoms with Crippen LogP contribution < -0.4 is 22.3 Å². The van der Waals surface area contributed by atoms with Gasteiger partial charge in [-0.25, -0.2) is 14.2 Å². The van der Waals surface area contributed by atoms with Crippen molar-refractivity contribution < 1.29 is 14.3 Å². The standard InChI is InChI=1S/C21H18N4O5/c1-4-9-25-19(27)16(17(22)24(2)21(25)29)23-18(26)14-7-5-13-11-15(20(28)30-3)8-6-12(13)10-14/h1,5-8,10-11H,9,22H2,2-3H3,(H,23,26). The minimum Gasteiger partial charge on any atom is -0.465 e. The van der Waals surface area contributed by atoms with Crippen molar-refractivity contribution in [2.24, 2.45) is 7.05 Å². The fourth-order valence-corrected chi connectivity index (χ4v) is 2.95. The van der Waals surface area contributed by atoms with Gasteiger partial charge in [0, 0.05) is 12.6 Å². The fourth-order valence-electron chi connectivity index (χ4n) is 2.95. The van der Waals surface area contributed by atoms with Gasteiger partial charge in [0.15, 0.2) is 0 Å². The summed E-state index contributed by atoms with van der Waals surface area (Å²) in [5.41, 5.74) is 4.80. The molecule has 0 fully saturated rings. The van der Waals surface area contributed by atoms with Crippen molar-refractivity contribution in [2.75, 3.05) is 18.2 Å². The number of nitrogen functional groups attached to an aromatic ring is 1. The molecular weight excluding hydrogens is 388 g/mol. The average molecular weight is 406 g/mol. The molecule has 0 radical (unpaired) electrons. The molecule has 0 aliphatic rings. The summed E-state index contributed by atoms with van der Waals surface area (Å²) >= 11 is 0. The summed E-state index contributed by atoms with van der Waals surface area (Å²) in [7, 11) is 2.66. The van der Waals surface area contributed by atoms with Crippen molar-refractivity contribution >= 4 is 34.2 Å². The smallest absolute Gasteiger partial charge is 0.337 e. The monoisotopic (exact) mass is 406 g/mol. The zero-order chi connectivity index (χ0) is 22.0. The number of ether oxygens (including phenoxy) is 1. The van der Waals surface area contributed by atoms with Crippen LogP contribution in [0.1, 0.15) is 20.7 Å². The SMILES string of the molecule is C#CCn1c(=O)c(NC(=O)c2ccc3cc(C(=O)OC)ccc3c2)c(N)n(C)c1=O. The molecule has 2 aromatic carbocycles. The van der Waals surface area contributed by atoms with E-state index >= 15 is 0 Å². The molecule has 0 unspecified atom stereocenters. The Morgan fingerprint density at radius 1 is 1.13 bits per heavy atom. The first-order valence-corrected chi connectivity index (χ1v) is 8.74. The molecule has 0 bridgehead atoms. The molecule has 0 atom stereocenters. The highest BCUT2D eigenvalue weighted by molar-refractivity contribution is 6.07. The molecule has 152 valence electrons. The van der Waals surface area contributed by atoms with E-state index in [0.717, 1.165) is 14.5 Å². The van der Waals surface area contributed by atoms with E-state index in [0.29, 0.717) is 10.9 Å². The maximum absolute atomic E-state index is 12.7. The molecule has 1 amide bonds. The zero-order valence-electron chi connectivity index (χ0n) is 16.3. The van der Waals surface area contributed by atoms with Gasteiger partial charge < -0.3 is 15.8 Å². The van der Waals surface area contributed by atoms with Crippen molar-refractivity contribution in [1.82, 2.24) is 9.13 Å². The zero-order valence-corrected chi connectivity index (χ0v) is 16.3. The molecule has 0 spiro atoms. The average Bonchev–Trinajstić information content (AvgIpc) is 2.76. The van der Waals surface area contributed by atoms with Crippen LogP contribution in [0.3, 0.4) is 0 Å². The van der Waals surface area contributed by atoms with Crippen LogP contribution in [0.5, 0.6) is 0 Å². The molecule has 1 aromatic heterocycles. The van der Waals surface area contributed by atoms with Gasteiger partial charge in [0.05, 0.1) is 19.2 Å². The number of carbonyl (C=O) groups is 2. The van der Waals surface area contributed by atoms with Gasteiger partial charge in [-0.05, 0) is 35.0 Å². The van der Waals surface area contributed by atoms with Gasteiger partial charge in [-0.2, -0.15) is 0 Å². The first-order valence-electron chi connectivity index (χ1n) is 8.74. The van der Waals surface area contributed by atoms with Crippen LogP contribution in [-0.2, 0) is 18.3 Å². The Kier molecular flexibility index (Phi) is 5.42. The molecule has 3 rings (SSSR count). The van der Waals surface area contributed by atoms with Crippen LogP contribution in [0, 0.1) is 12.3 Å². The van der Waals surface area contributed by atoms with Gasteiger partial charge >= 0.3 is 11.7 Å². The third-order valence-electron chi connectivity index (χ3n) is 4.61. The topological polar surface area (TPSA) is 125 Å². The van der Waals surface area contributed by atoms with Crippen LogP contribution in [0.2, 0.25) is 0 Å². The van der Waals surface area contributed by atoms with Crippen molar-refractivity contribution in [1.29, 1.82) is 0 Å². The third kappa shape index (κ3) is 3.54. The molecule has 3 aromatic rings. The van der Waals surface area contributed by atoms with E-state index in [4.69, 9.17) is 16.9 Å². The Bertz CT molecular complexity index is 1340. The van der Waals surface area contributed by atoms with Crippen LogP contribution in [0.15, 0.2) is 46.0 Å². The summed E-state index contributed by atoms with van der Waals surface area (Å²) in [6.45, 7) is -0.257. The van der Waals surface area contributed by atoms with Crippen LogP contribution in [0.4, 0.5) is 11.5 Å². The van der Waals surface area contributed by atoms with Crippen molar-refractivity contribution in [3.63, 3.8) is 0 Å². The number of fused-ring (bicyclic) bond motifs is 1. The summed E-state index contributed by atoms with van der Waals surface area (Å²) in [5, 5.41) is 3.90. The quantitative estimate of drug-likeness (QED) is 0.491. The summed E-state index contributed by atoms with van der Waals surface area (Å²) in [5.74, 6) is 0.980. The first kappa shape index (κ1) is 20.4. The van der Waals surface area contributed by atoms with Crippen LogP contribution in [0.25, 0.3) is 10.8 Å². The minimum atomic E-state index is -0.787. The normalized spacial score (nSPS) is 10.4. The van der Waals surface area contributed by atoms with Crippen LogP contribution in [-0.4, -0.2) is 28.1 Å². The predicted octanol–water partition coefficient (Wildman–Crippen LogP) is 0.955. The highest BCUT2D eigenvalue weighted by Gasteiger charge is 2.18. The molecule has 3 N–H and O–H groups in total. The number of nitrogens with zero attached hydrogens (tertiary/aromatic N) is 2. The molecule has 0 aliphatic carbocycles. The molecular formula is C21H18N4O5. The Balaban J connectivity index is 1.99. The Hall–Kier alpha value is -4.32. The van der Waals surface area contributed by atoms with E-state index in [1.807, 2.05) is 0 Å². The number of rotatable bonds is 4. The predicted molar refractivity (Wildman–Crippen MR) is 112 cm³/mol. The van der Waals surface area contributed by atoms with Crippen molar-refractivity contribution in [3.8, 4) is 12.3 Å². The summed E-state index contributed by atoms with van der Waals surface area (Å²) in [6, 6.07) is 9.71. The molecule has 9 nitrogen and oxygen atoms in total. The lowest BCUT2D eigenvalue weighted by atomic mass is 10.0. The Morgan fingerprint density at radius 2 is 1.73 bits per heavy atom. The highest BCUT2D eigenvalue weighted by atomic mass is 16.5. The number of aromatic nitrogens is 2. The summed E-state index contributed by atoms with van der Waals surface area (Å²) in [4.78, 5) is 49.1. The van der Waals surface area contributed by atoms with Gasteiger partial charge in [-0.1, -0.05) is 18.1 Å². The van der Waals surface area contributed by atoms with E-state index in [2.05, 4.69) is 11.2 Å². The number of methoxy groups -OCH3 is 1. The van der Waals surface area contributed by atoms with Gasteiger partial charge in [0.2, 0.25) is 0 Å². The minimum absolute atomic E-state index is 0.185. The maximum Gasteiger partial charge on any atom is 0.337 e. The summed E-state index contributed by atoms with van der Waals surface area (Å²) < 4.78 is 6.54. The molecule has 1 heterocycles. The molecule has 0 aliphatic heterocycles. The Morgan fingerprint density at radius 3 is 2.33 bits per heavy atom. The lowest BCUT2D eigenvalue weighted by Gasteiger charge is -2.13. The first-order chi connectivity index (χ1) is 14.3. The van der Waals surface area contributed by atoms with Gasteiger partial charge in [0.25, 0.3) is 11.5 Å². The van der Waals surface area contributed by atoms with E-state index < -0.39 is 23.1 Å². The lowest BCUT2D eigenvalue weighted by Crippen LogP contribution is -2.41. The van der Waals surface area contributed by atoms with Gasteiger partial charge in [0.1, 0.15) is 11.5 Å². The third-order valence-corrected chi connectivity index (χ3v) is 4.61. The molecule has 9 heteroatoms. The number of nitrogens with two attached hydrogens (primary N) is 1. The van der Waals surface area contributed by atoms with E-state index in [9.17, 15) is 19.2 Å². The largest absolute Gasteiger partial charge is 0.465 e. The van der Waals surface area contributed by atoms with Crippen molar-refractivity contribution in [3.05, 3.63) is 68.4 Å². The van der Waals surface area contributed by atoms with E-state index in [1.54, 1.807) is 30.3 Å². The molecule has 0 saturated heterocycles. The van der Waals surface area contributed by atoms with E-state index in [-0.39, 0.29) is 23.6 Å². The second kappa shape index (κ2) is 7.97. The van der Waals surface area contributed by atoms with Crippen LogP contribution >= 0.6 is 0 Å². The number of terminal acetylenes is 1. The number of benzene rings is 2. The van der Waals surface area contributed by atoms with Gasteiger partial charge in [-0.3, -0.25) is 14.2 Å². The fraction of sp³-hybridized carbons (Fsp3) is 0.143. The number of anilines is 2. The second-order valence-electron chi connectivity index (χ2n) is 6.42. The second-order valence-corrected chi connectivity index (χ2v) is 6.42.